The molecule has 0 heterocycles. The van der Waals surface area contributed by atoms with Gasteiger partial charge in [-0.1, -0.05) is 70.9 Å². The summed E-state index contributed by atoms with van der Waals surface area (Å²) in [6.45, 7) is 4.53. The molecule has 0 aliphatic carbocycles. The second-order valence-electron chi connectivity index (χ2n) is 4.59. The Bertz CT molecular complexity index is 342. The number of carboxylic acids is 1. The molecular weight excluding hydrogens is 240 g/mol. The van der Waals surface area contributed by atoms with E-state index < -0.39 is 5.97 Å². The van der Waals surface area contributed by atoms with Crippen LogP contribution in [0.25, 0.3) is 0 Å². The quantitative estimate of drug-likeness (QED) is 0.694. The van der Waals surface area contributed by atoms with Gasteiger partial charge in [0.05, 0.1) is 0 Å². The Morgan fingerprint density at radius 1 is 0.947 bits per heavy atom. The molecular formula is C16H26O3. The highest BCUT2D eigenvalue weighted by Crippen LogP contribution is 2.14. The van der Waals surface area contributed by atoms with Gasteiger partial charge in [-0.3, -0.25) is 0 Å². The van der Waals surface area contributed by atoms with Crippen LogP contribution in [0.1, 0.15) is 69.2 Å². The third-order valence-corrected chi connectivity index (χ3v) is 2.84. The Kier molecular flexibility index (Phi) is 10.7. The highest BCUT2D eigenvalue weighted by molar-refractivity contribution is 5.90. The first kappa shape index (κ1) is 17.5. The Hall–Kier alpha value is -1.51. The monoisotopic (exact) mass is 266 g/mol. The van der Waals surface area contributed by atoms with Gasteiger partial charge in [0.15, 0.2) is 0 Å². The van der Waals surface area contributed by atoms with Crippen LogP contribution in [0.2, 0.25) is 0 Å². The van der Waals surface area contributed by atoms with Crippen molar-refractivity contribution in [1.29, 1.82) is 0 Å². The minimum absolute atomic E-state index is 0.0671. The molecule has 0 radical (unpaired) electrons. The predicted octanol–water partition coefficient (Wildman–Crippen LogP) is 4.85. The Labute approximate surface area is 116 Å². The number of benzene rings is 1. The largest absolute Gasteiger partial charge is 0.507 e. The van der Waals surface area contributed by atoms with Crippen molar-refractivity contribution in [1.82, 2.24) is 0 Å². The van der Waals surface area contributed by atoms with Crippen molar-refractivity contribution >= 4 is 5.97 Å². The zero-order valence-electron chi connectivity index (χ0n) is 12.1. The zero-order chi connectivity index (χ0) is 14.5. The normalized spacial score (nSPS) is 9.58. The van der Waals surface area contributed by atoms with Crippen LogP contribution in [0.3, 0.4) is 0 Å². The van der Waals surface area contributed by atoms with Crippen molar-refractivity contribution in [3.05, 3.63) is 29.8 Å². The van der Waals surface area contributed by atoms with Gasteiger partial charge in [-0.05, 0) is 12.1 Å². The SMILES string of the molecule is CCCCCCCCC.O=C(O)c1ccccc1O. The van der Waals surface area contributed by atoms with E-state index in [1.165, 1.54) is 57.1 Å². The van der Waals surface area contributed by atoms with E-state index in [9.17, 15) is 4.79 Å². The summed E-state index contributed by atoms with van der Waals surface area (Å²) in [5.74, 6) is -1.31. The molecule has 0 spiro atoms. The van der Waals surface area contributed by atoms with Crippen molar-refractivity contribution in [2.75, 3.05) is 0 Å². The average Bonchev–Trinajstić information content (AvgIpc) is 2.40. The van der Waals surface area contributed by atoms with Gasteiger partial charge in [0.2, 0.25) is 0 Å². The lowest BCUT2D eigenvalue weighted by atomic mass is 10.1. The molecule has 0 aliphatic rings. The molecule has 1 rings (SSSR count). The lowest BCUT2D eigenvalue weighted by Crippen LogP contribution is -1.95. The first-order chi connectivity index (χ1) is 9.13. The van der Waals surface area contributed by atoms with Gasteiger partial charge in [-0.15, -0.1) is 0 Å². The summed E-state index contributed by atoms with van der Waals surface area (Å²) in [6, 6.07) is 5.81. The van der Waals surface area contributed by atoms with Crippen LogP contribution in [0.4, 0.5) is 0 Å². The minimum Gasteiger partial charge on any atom is -0.507 e. The highest BCUT2D eigenvalue weighted by Gasteiger charge is 2.05. The molecule has 1 aromatic carbocycles. The van der Waals surface area contributed by atoms with E-state index in [1.807, 2.05) is 0 Å². The Morgan fingerprint density at radius 2 is 1.42 bits per heavy atom. The molecule has 1 aromatic rings. The van der Waals surface area contributed by atoms with Crippen molar-refractivity contribution in [3.63, 3.8) is 0 Å². The molecule has 3 nitrogen and oxygen atoms in total. The van der Waals surface area contributed by atoms with E-state index in [-0.39, 0.29) is 11.3 Å². The summed E-state index contributed by atoms with van der Waals surface area (Å²) in [6.07, 6.45) is 9.97. The van der Waals surface area contributed by atoms with E-state index in [0.29, 0.717) is 0 Å². The number of carbonyl (C=O) groups is 1. The molecule has 108 valence electrons. The zero-order valence-corrected chi connectivity index (χ0v) is 12.1. The maximum absolute atomic E-state index is 10.3. The van der Waals surface area contributed by atoms with E-state index in [2.05, 4.69) is 13.8 Å². The van der Waals surface area contributed by atoms with Crippen LogP contribution in [-0.4, -0.2) is 16.2 Å². The smallest absolute Gasteiger partial charge is 0.339 e. The summed E-state index contributed by atoms with van der Waals surface area (Å²) in [4.78, 5) is 10.3. The van der Waals surface area contributed by atoms with Gasteiger partial charge in [-0.25, -0.2) is 4.79 Å². The van der Waals surface area contributed by atoms with Gasteiger partial charge < -0.3 is 10.2 Å². The Balaban J connectivity index is 0.000000344. The van der Waals surface area contributed by atoms with Gasteiger partial charge in [-0.2, -0.15) is 0 Å². The standard InChI is InChI=1S/C9H20.C7H6O3/c1-3-5-7-9-8-6-4-2;8-6-4-2-1-3-5(6)7(9)10/h3-9H2,1-2H3;1-4,8H,(H,9,10). The number of phenols is 1. The molecule has 0 atom stereocenters. The molecule has 3 heteroatoms. The molecule has 0 bridgehead atoms. The fraction of sp³-hybridized carbons (Fsp3) is 0.562. The fourth-order valence-electron chi connectivity index (χ4n) is 1.68. The molecule has 0 amide bonds. The number of rotatable bonds is 7. The van der Waals surface area contributed by atoms with Crippen LogP contribution in [0.5, 0.6) is 5.75 Å². The average molecular weight is 266 g/mol. The van der Waals surface area contributed by atoms with Crippen LogP contribution in [-0.2, 0) is 0 Å². The maximum atomic E-state index is 10.3. The van der Waals surface area contributed by atoms with E-state index >= 15 is 0 Å². The summed E-state index contributed by atoms with van der Waals surface area (Å²) in [5, 5.41) is 17.3. The summed E-state index contributed by atoms with van der Waals surface area (Å²) < 4.78 is 0. The van der Waals surface area contributed by atoms with Crippen LogP contribution < -0.4 is 0 Å². The van der Waals surface area contributed by atoms with E-state index in [0.717, 1.165) is 0 Å². The minimum atomic E-state index is -1.11. The van der Waals surface area contributed by atoms with Crippen LogP contribution in [0.15, 0.2) is 24.3 Å². The molecule has 0 aromatic heterocycles. The van der Waals surface area contributed by atoms with Gasteiger partial charge in [0, 0.05) is 0 Å². The summed E-state index contributed by atoms with van der Waals surface area (Å²) in [7, 11) is 0. The third kappa shape index (κ3) is 9.11. The molecule has 2 N–H and O–H groups in total. The summed E-state index contributed by atoms with van der Waals surface area (Å²) >= 11 is 0. The van der Waals surface area contributed by atoms with E-state index in [4.69, 9.17) is 10.2 Å². The number of hydrogen-bond acceptors (Lipinski definition) is 2. The molecule has 0 fully saturated rings. The first-order valence-corrected chi connectivity index (χ1v) is 7.14. The molecule has 0 aliphatic heterocycles. The van der Waals surface area contributed by atoms with E-state index in [1.54, 1.807) is 12.1 Å². The number of aromatic carboxylic acids is 1. The molecule has 0 unspecified atom stereocenters. The van der Waals surface area contributed by atoms with Crippen molar-refractivity contribution in [2.45, 2.75) is 58.8 Å². The van der Waals surface area contributed by atoms with Crippen molar-refractivity contribution in [2.24, 2.45) is 0 Å². The maximum Gasteiger partial charge on any atom is 0.339 e. The number of aromatic hydroxyl groups is 1. The number of hydrogen-bond donors (Lipinski definition) is 2. The molecule has 0 saturated carbocycles. The van der Waals surface area contributed by atoms with Crippen LogP contribution in [0, 0.1) is 0 Å². The second kappa shape index (κ2) is 11.6. The lowest BCUT2D eigenvalue weighted by Gasteiger charge is -1.96. The fourth-order valence-corrected chi connectivity index (χ4v) is 1.68. The van der Waals surface area contributed by atoms with Crippen molar-refractivity contribution < 1.29 is 15.0 Å². The summed E-state index contributed by atoms with van der Waals surface area (Å²) in [5.41, 5.74) is -0.0671. The Morgan fingerprint density at radius 3 is 1.79 bits per heavy atom. The lowest BCUT2D eigenvalue weighted by molar-refractivity contribution is 0.0693. The number of unbranched alkanes of at least 4 members (excludes halogenated alkanes) is 6. The second-order valence-corrected chi connectivity index (χ2v) is 4.59. The van der Waals surface area contributed by atoms with Gasteiger partial charge in [0.1, 0.15) is 11.3 Å². The third-order valence-electron chi connectivity index (χ3n) is 2.84. The van der Waals surface area contributed by atoms with Gasteiger partial charge in [0.25, 0.3) is 0 Å². The number of para-hydroxylation sites is 1. The van der Waals surface area contributed by atoms with Crippen LogP contribution >= 0.6 is 0 Å². The first-order valence-electron chi connectivity index (χ1n) is 7.14. The predicted molar refractivity (Wildman–Crippen MR) is 78.7 cm³/mol. The highest BCUT2D eigenvalue weighted by atomic mass is 16.4. The topological polar surface area (TPSA) is 57.5 Å². The van der Waals surface area contributed by atoms with Gasteiger partial charge >= 0.3 is 5.97 Å². The molecule has 19 heavy (non-hydrogen) atoms. The van der Waals surface area contributed by atoms with Crippen molar-refractivity contribution in [3.8, 4) is 5.75 Å². The molecule has 0 saturated heterocycles. The number of carboxylic acid groups (broad SMARTS) is 1.